The van der Waals surface area contributed by atoms with Crippen molar-refractivity contribution in [1.82, 2.24) is 0 Å². The molecule has 0 aliphatic heterocycles. The molecule has 176 valence electrons. The van der Waals surface area contributed by atoms with Gasteiger partial charge in [0, 0.05) is 42.8 Å². The average molecular weight is 468 g/mol. The fraction of sp³-hybridized carbons (Fsp3) is 0.370. The molecule has 2 aromatic carbocycles. The Morgan fingerprint density at radius 3 is 2.00 bits per heavy atom. The van der Waals surface area contributed by atoms with Crippen LogP contribution in [0, 0.1) is 5.92 Å². The Hall–Kier alpha value is -2.70. The number of hydrogen-bond donors (Lipinski definition) is 1. The zero-order valence-electron chi connectivity index (χ0n) is 20.0. The van der Waals surface area contributed by atoms with Gasteiger partial charge in [0.15, 0.2) is 5.71 Å². The molecule has 3 rings (SSSR count). The molecule has 0 radical (unpaired) electrons. The summed E-state index contributed by atoms with van der Waals surface area (Å²) >= 11 is 0. The molecule has 0 fully saturated rings. The van der Waals surface area contributed by atoms with E-state index in [1.165, 1.54) is 6.07 Å². The van der Waals surface area contributed by atoms with Crippen LogP contribution in [0.1, 0.15) is 44.7 Å². The first kappa shape index (κ1) is 24.9. The maximum absolute atomic E-state index is 12.2. The second kappa shape index (κ2) is 10.9. The molecule has 0 bridgehead atoms. The van der Waals surface area contributed by atoms with Crippen molar-refractivity contribution in [2.24, 2.45) is 5.92 Å². The molecule has 1 atom stereocenters. The minimum absolute atomic E-state index is 0.0388. The average Bonchev–Trinajstić information content (AvgIpc) is 2.82. The third kappa shape index (κ3) is 5.63. The van der Waals surface area contributed by atoms with Gasteiger partial charge in [-0.3, -0.25) is 4.55 Å². The van der Waals surface area contributed by atoms with Crippen LogP contribution in [0.25, 0.3) is 0 Å². The lowest BCUT2D eigenvalue weighted by molar-refractivity contribution is -0.519. The van der Waals surface area contributed by atoms with E-state index in [-0.39, 0.29) is 16.7 Å². The number of allylic oxidation sites excluding steroid dienone is 4. The lowest BCUT2D eigenvalue weighted by Gasteiger charge is -2.27. The second-order valence-corrected chi connectivity index (χ2v) is 9.54. The molecule has 0 amide bonds. The predicted molar refractivity (Wildman–Crippen MR) is 136 cm³/mol. The first-order valence-corrected chi connectivity index (χ1v) is 13.2. The minimum Gasteiger partial charge on any atom is -0.372 e. The number of anilines is 1. The molecule has 1 aliphatic rings. The highest BCUT2D eigenvalue weighted by molar-refractivity contribution is 7.85. The molecule has 0 heterocycles. The van der Waals surface area contributed by atoms with E-state index in [4.69, 9.17) is 0 Å². The van der Waals surface area contributed by atoms with Crippen LogP contribution in [0.3, 0.4) is 0 Å². The van der Waals surface area contributed by atoms with E-state index in [2.05, 4.69) is 85.7 Å². The Labute approximate surface area is 198 Å². The van der Waals surface area contributed by atoms with Gasteiger partial charge in [0.2, 0.25) is 0 Å². The Morgan fingerprint density at radius 2 is 1.48 bits per heavy atom. The quantitative estimate of drug-likeness (QED) is 0.409. The fourth-order valence-corrected chi connectivity index (χ4v) is 5.37. The SMILES string of the molecule is CCN(CC)c1ccc(C(c2ccccc2S(=O)(=O)O)C2C=CC(=[N+](CC)CC)C=C2)cc1. The zero-order chi connectivity index (χ0) is 24.0. The van der Waals surface area contributed by atoms with E-state index in [1.807, 2.05) is 6.07 Å². The molecule has 1 unspecified atom stereocenters. The Kier molecular flexibility index (Phi) is 8.27. The van der Waals surface area contributed by atoms with Crippen LogP contribution in [-0.2, 0) is 10.1 Å². The van der Waals surface area contributed by atoms with Crippen molar-refractivity contribution in [3.8, 4) is 0 Å². The number of rotatable bonds is 9. The Bertz CT molecular complexity index is 1120. The first-order chi connectivity index (χ1) is 15.8. The van der Waals surface area contributed by atoms with E-state index >= 15 is 0 Å². The van der Waals surface area contributed by atoms with Gasteiger partial charge in [-0.05, 0) is 57.0 Å². The Balaban J connectivity index is 2.11. The standard InChI is InChI=1S/C27H34N2O3S/c1-5-28(6-2)23-17-13-21(14-18-23)27(25-11-9-10-12-26(25)33(30,31)32)22-15-19-24(20-16-22)29(7-3)8-4/h9-21,27H,5-8H2,1-4H3/p+1. The highest BCUT2D eigenvalue weighted by atomic mass is 32.2. The summed E-state index contributed by atoms with van der Waals surface area (Å²) in [5, 5.41) is 0. The van der Waals surface area contributed by atoms with E-state index in [0.717, 1.165) is 43.1 Å². The van der Waals surface area contributed by atoms with Gasteiger partial charge in [0.1, 0.15) is 13.1 Å². The van der Waals surface area contributed by atoms with Crippen LogP contribution in [0.2, 0.25) is 0 Å². The van der Waals surface area contributed by atoms with Crippen molar-refractivity contribution in [3.05, 3.63) is 84.0 Å². The van der Waals surface area contributed by atoms with Gasteiger partial charge in [0.25, 0.3) is 10.1 Å². The summed E-state index contributed by atoms with van der Waals surface area (Å²) < 4.78 is 36.7. The third-order valence-electron chi connectivity index (χ3n) is 6.40. The lowest BCUT2D eigenvalue weighted by Crippen LogP contribution is -2.23. The van der Waals surface area contributed by atoms with Crippen LogP contribution >= 0.6 is 0 Å². The van der Waals surface area contributed by atoms with Gasteiger partial charge in [-0.2, -0.15) is 8.42 Å². The molecule has 0 aromatic heterocycles. The molecule has 0 saturated heterocycles. The van der Waals surface area contributed by atoms with Crippen molar-refractivity contribution in [3.63, 3.8) is 0 Å². The van der Waals surface area contributed by atoms with E-state index in [0.29, 0.717) is 5.56 Å². The van der Waals surface area contributed by atoms with Gasteiger partial charge in [-0.1, -0.05) is 42.5 Å². The summed E-state index contributed by atoms with van der Waals surface area (Å²) in [6, 6.07) is 15.1. The molecule has 6 heteroatoms. The predicted octanol–water partition coefficient (Wildman–Crippen LogP) is 5.15. The smallest absolute Gasteiger partial charge is 0.294 e. The maximum atomic E-state index is 12.2. The third-order valence-corrected chi connectivity index (χ3v) is 7.33. The molecular formula is C27H35N2O3S+. The minimum atomic E-state index is -4.36. The monoisotopic (exact) mass is 467 g/mol. The lowest BCUT2D eigenvalue weighted by atomic mass is 9.78. The van der Waals surface area contributed by atoms with Gasteiger partial charge < -0.3 is 4.90 Å². The van der Waals surface area contributed by atoms with Crippen molar-refractivity contribution in [1.29, 1.82) is 0 Å². The number of nitrogens with zero attached hydrogens (tertiary/aromatic N) is 2. The van der Waals surface area contributed by atoms with Crippen LogP contribution < -0.4 is 4.90 Å². The molecule has 33 heavy (non-hydrogen) atoms. The Morgan fingerprint density at radius 1 is 0.909 bits per heavy atom. The van der Waals surface area contributed by atoms with Crippen molar-refractivity contribution in [2.75, 3.05) is 31.1 Å². The van der Waals surface area contributed by atoms with E-state index in [9.17, 15) is 13.0 Å². The summed E-state index contributed by atoms with van der Waals surface area (Å²) in [6.07, 6.45) is 8.50. The summed E-state index contributed by atoms with van der Waals surface area (Å²) in [5.41, 5.74) is 3.89. The van der Waals surface area contributed by atoms with Gasteiger partial charge in [-0.15, -0.1) is 0 Å². The molecular weight excluding hydrogens is 432 g/mol. The van der Waals surface area contributed by atoms with E-state index in [1.54, 1.807) is 12.1 Å². The van der Waals surface area contributed by atoms with Crippen LogP contribution in [0.4, 0.5) is 5.69 Å². The van der Waals surface area contributed by atoms with Crippen LogP contribution in [-0.4, -0.2) is 49.4 Å². The fourth-order valence-electron chi connectivity index (χ4n) is 4.62. The molecule has 0 saturated carbocycles. The zero-order valence-corrected chi connectivity index (χ0v) is 20.8. The molecule has 0 spiro atoms. The summed E-state index contributed by atoms with van der Waals surface area (Å²) in [7, 11) is -4.36. The molecule has 1 aliphatic carbocycles. The maximum Gasteiger partial charge on any atom is 0.294 e. The van der Waals surface area contributed by atoms with Crippen LogP contribution in [0.5, 0.6) is 0 Å². The number of hydrogen-bond acceptors (Lipinski definition) is 3. The first-order valence-electron chi connectivity index (χ1n) is 11.7. The normalized spacial score (nSPS) is 16.6. The topological polar surface area (TPSA) is 60.6 Å². The van der Waals surface area contributed by atoms with Crippen molar-refractivity contribution < 1.29 is 17.5 Å². The second-order valence-electron chi connectivity index (χ2n) is 8.15. The summed E-state index contributed by atoms with van der Waals surface area (Å²) in [4.78, 5) is 2.24. The summed E-state index contributed by atoms with van der Waals surface area (Å²) in [5.74, 6) is -0.300. The van der Waals surface area contributed by atoms with Crippen molar-refractivity contribution >= 4 is 21.5 Å². The largest absolute Gasteiger partial charge is 0.372 e. The van der Waals surface area contributed by atoms with Crippen molar-refractivity contribution in [2.45, 2.75) is 38.5 Å². The van der Waals surface area contributed by atoms with Crippen LogP contribution in [0.15, 0.2) is 77.7 Å². The molecule has 2 aromatic rings. The van der Waals surface area contributed by atoms with Gasteiger partial charge in [0.05, 0.1) is 4.90 Å². The van der Waals surface area contributed by atoms with Gasteiger partial charge >= 0.3 is 0 Å². The number of benzene rings is 2. The summed E-state index contributed by atoms with van der Waals surface area (Å²) in [6.45, 7) is 12.2. The van der Waals surface area contributed by atoms with E-state index < -0.39 is 10.1 Å². The molecule has 1 N–H and O–H groups in total. The highest BCUT2D eigenvalue weighted by Crippen LogP contribution is 2.38. The highest BCUT2D eigenvalue weighted by Gasteiger charge is 2.29. The van der Waals surface area contributed by atoms with Gasteiger partial charge in [-0.25, -0.2) is 4.58 Å². The molecule has 5 nitrogen and oxygen atoms in total.